The van der Waals surface area contributed by atoms with Crippen LogP contribution in [0.1, 0.15) is 25.3 Å². The van der Waals surface area contributed by atoms with Crippen LogP contribution in [0.3, 0.4) is 0 Å². The molecule has 28 heavy (non-hydrogen) atoms. The molecule has 1 saturated carbocycles. The molecule has 3 aliphatic carbocycles. The number of fused-ring (bicyclic) bond motifs is 1. The van der Waals surface area contributed by atoms with Crippen LogP contribution in [0.2, 0.25) is 0 Å². The van der Waals surface area contributed by atoms with E-state index in [1.807, 2.05) is 0 Å². The Bertz CT molecular complexity index is 813. The molecule has 0 spiro atoms. The Morgan fingerprint density at radius 2 is 1.71 bits per heavy atom. The van der Waals surface area contributed by atoms with Crippen molar-refractivity contribution in [3.05, 3.63) is 42.0 Å². The molecule has 2 fully saturated rings. The first-order valence-electron chi connectivity index (χ1n) is 9.57. The summed E-state index contributed by atoms with van der Waals surface area (Å²) in [7, 11) is 0. The van der Waals surface area contributed by atoms with Crippen LogP contribution in [0, 0.1) is 23.7 Å². The van der Waals surface area contributed by atoms with Crippen LogP contribution in [0.5, 0.6) is 5.75 Å². The molecule has 7 heteroatoms. The largest absolute Gasteiger partial charge is 0.482 e. The highest BCUT2D eigenvalue weighted by Crippen LogP contribution is 2.49. The monoisotopic (exact) mass is 382 g/mol. The molecule has 1 heterocycles. The summed E-state index contributed by atoms with van der Waals surface area (Å²) < 4.78 is 10.1. The molecule has 146 valence electrons. The van der Waals surface area contributed by atoms with Gasteiger partial charge in [0.05, 0.1) is 24.7 Å². The zero-order valence-electron chi connectivity index (χ0n) is 15.6. The number of hydrogen-bond acceptors (Lipinski definition) is 6. The summed E-state index contributed by atoms with van der Waals surface area (Å²) in [4.78, 5) is 36.7. The van der Waals surface area contributed by atoms with Gasteiger partial charge in [-0.05, 0) is 61.4 Å². The molecule has 2 amide bonds. The molecular weight excluding hydrogens is 360 g/mol. The van der Waals surface area contributed by atoms with Gasteiger partial charge in [-0.3, -0.25) is 9.59 Å². The normalized spacial score (nSPS) is 28.1. The Morgan fingerprint density at radius 3 is 2.25 bits per heavy atom. The lowest BCUT2D eigenvalue weighted by atomic mass is 9.63. The maximum absolute atomic E-state index is 12.7. The van der Waals surface area contributed by atoms with Crippen LogP contribution in [0.25, 0.3) is 0 Å². The molecule has 1 saturated heterocycles. The summed E-state index contributed by atoms with van der Waals surface area (Å²) in [6, 6.07) is 6.87. The van der Waals surface area contributed by atoms with Crippen molar-refractivity contribution in [2.75, 3.05) is 13.2 Å². The minimum Gasteiger partial charge on any atom is -0.482 e. The summed E-state index contributed by atoms with van der Waals surface area (Å²) in [5.41, 5.74) is 0.722. The first-order chi connectivity index (χ1) is 13.6. The molecule has 2 bridgehead atoms. The van der Waals surface area contributed by atoms with Gasteiger partial charge in [0.15, 0.2) is 6.61 Å². The van der Waals surface area contributed by atoms with Crippen molar-refractivity contribution < 1.29 is 23.9 Å². The molecule has 1 aliphatic heterocycles. The summed E-state index contributed by atoms with van der Waals surface area (Å²) in [6.07, 6.45) is 7.60. The van der Waals surface area contributed by atoms with Crippen molar-refractivity contribution in [3.8, 4) is 5.75 Å². The maximum Gasteiger partial charge on any atom is 0.344 e. The number of carbonyl (C=O) groups is 3. The van der Waals surface area contributed by atoms with E-state index in [-0.39, 0.29) is 42.1 Å². The Hall–Kier alpha value is -2.96. The zero-order valence-corrected chi connectivity index (χ0v) is 15.6. The molecule has 5 rings (SSSR count). The number of amides is 2. The fourth-order valence-electron chi connectivity index (χ4n) is 4.29. The number of hydrazone groups is 1. The number of rotatable bonds is 6. The molecule has 1 aromatic rings. The van der Waals surface area contributed by atoms with E-state index in [0.29, 0.717) is 12.4 Å². The van der Waals surface area contributed by atoms with Gasteiger partial charge in [-0.2, -0.15) is 10.1 Å². The smallest absolute Gasteiger partial charge is 0.344 e. The quantitative estimate of drug-likeness (QED) is 0.326. The Kier molecular flexibility index (Phi) is 4.98. The van der Waals surface area contributed by atoms with Crippen LogP contribution in [0.15, 0.2) is 41.5 Å². The SMILES string of the molecule is CCOC(=O)COc1ccc(/C=N\N2C(=O)[C@@H]3[C@H](C2=O)[C@@H]2C=C[C@H]3CC2)cc1. The number of imide groups is 1. The lowest BCUT2D eigenvalue weighted by molar-refractivity contribution is -0.145. The van der Waals surface area contributed by atoms with E-state index in [9.17, 15) is 14.4 Å². The van der Waals surface area contributed by atoms with Gasteiger partial charge < -0.3 is 9.47 Å². The molecular formula is C21H22N2O5. The van der Waals surface area contributed by atoms with Gasteiger partial charge in [0.1, 0.15) is 5.75 Å². The predicted molar refractivity (Wildman–Crippen MR) is 100 cm³/mol. The van der Waals surface area contributed by atoms with Crippen LogP contribution >= 0.6 is 0 Å². The van der Waals surface area contributed by atoms with Crippen molar-refractivity contribution in [2.45, 2.75) is 19.8 Å². The summed E-state index contributed by atoms with van der Waals surface area (Å²) >= 11 is 0. The molecule has 4 atom stereocenters. The standard InChI is InChI=1S/C21H22N2O5/c1-2-27-17(24)12-28-16-9-3-13(4-10-16)11-22-23-20(25)18-14-5-6-15(8-7-14)19(18)21(23)26/h3-6,9-11,14-15,18-19H,2,7-8,12H2,1H3/b22-11-/t14-,15+,18-,19+. The number of nitrogens with zero attached hydrogens (tertiary/aromatic N) is 2. The predicted octanol–water partition coefficient (Wildman–Crippen LogP) is 2.16. The molecule has 0 aromatic heterocycles. The van der Waals surface area contributed by atoms with E-state index in [0.717, 1.165) is 23.4 Å². The average molecular weight is 382 g/mol. The van der Waals surface area contributed by atoms with E-state index in [4.69, 9.17) is 9.47 Å². The highest BCUT2D eigenvalue weighted by Gasteiger charge is 2.56. The van der Waals surface area contributed by atoms with E-state index in [2.05, 4.69) is 17.3 Å². The first kappa shape index (κ1) is 18.4. The molecule has 7 nitrogen and oxygen atoms in total. The Balaban J connectivity index is 1.40. The van der Waals surface area contributed by atoms with Gasteiger partial charge in [-0.1, -0.05) is 12.2 Å². The minimum atomic E-state index is -0.427. The van der Waals surface area contributed by atoms with Gasteiger partial charge in [-0.25, -0.2) is 4.79 Å². The molecule has 4 aliphatic rings. The second kappa shape index (κ2) is 7.58. The van der Waals surface area contributed by atoms with Crippen LogP contribution in [-0.4, -0.2) is 42.2 Å². The van der Waals surface area contributed by atoms with Crippen LogP contribution < -0.4 is 4.74 Å². The topological polar surface area (TPSA) is 85.3 Å². The number of ether oxygens (including phenoxy) is 2. The summed E-state index contributed by atoms with van der Waals surface area (Å²) in [5.74, 6) is -0.500. The van der Waals surface area contributed by atoms with Crippen molar-refractivity contribution in [1.29, 1.82) is 0 Å². The molecule has 0 N–H and O–H groups in total. The van der Waals surface area contributed by atoms with E-state index in [1.54, 1.807) is 31.2 Å². The Labute approximate surface area is 163 Å². The third-order valence-electron chi connectivity index (χ3n) is 5.60. The minimum absolute atomic E-state index is 0.155. The molecule has 0 radical (unpaired) electrons. The van der Waals surface area contributed by atoms with Gasteiger partial charge >= 0.3 is 5.97 Å². The van der Waals surface area contributed by atoms with E-state index in [1.165, 1.54) is 6.21 Å². The summed E-state index contributed by atoms with van der Waals surface area (Å²) in [5, 5.41) is 5.21. The van der Waals surface area contributed by atoms with E-state index < -0.39 is 5.97 Å². The highest BCUT2D eigenvalue weighted by molar-refractivity contribution is 6.06. The lowest BCUT2D eigenvalue weighted by Gasteiger charge is -2.37. The lowest BCUT2D eigenvalue weighted by Crippen LogP contribution is -2.38. The van der Waals surface area contributed by atoms with Crippen molar-refractivity contribution in [3.63, 3.8) is 0 Å². The summed E-state index contributed by atoms with van der Waals surface area (Å²) in [6.45, 7) is 1.89. The van der Waals surface area contributed by atoms with Gasteiger partial charge in [0.25, 0.3) is 11.8 Å². The second-order valence-electron chi connectivity index (χ2n) is 7.24. The fourth-order valence-corrected chi connectivity index (χ4v) is 4.29. The van der Waals surface area contributed by atoms with Crippen LogP contribution in [0.4, 0.5) is 0 Å². The fraction of sp³-hybridized carbons (Fsp3) is 0.429. The third-order valence-corrected chi connectivity index (χ3v) is 5.60. The third kappa shape index (κ3) is 3.32. The second-order valence-corrected chi connectivity index (χ2v) is 7.24. The number of hydrogen-bond donors (Lipinski definition) is 0. The van der Waals surface area contributed by atoms with Gasteiger partial charge in [0, 0.05) is 0 Å². The number of esters is 1. The first-order valence-corrected chi connectivity index (χ1v) is 9.57. The van der Waals surface area contributed by atoms with Crippen molar-refractivity contribution in [1.82, 2.24) is 5.01 Å². The average Bonchev–Trinajstić information content (AvgIpc) is 2.99. The van der Waals surface area contributed by atoms with E-state index >= 15 is 0 Å². The highest BCUT2D eigenvalue weighted by atomic mass is 16.6. The number of allylic oxidation sites excluding steroid dienone is 2. The van der Waals surface area contributed by atoms with Gasteiger partial charge in [0.2, 0.25) is 0 Å². The molecule has 0 unspecified atom stereocenters. The van der Waals surface area contributed by atoms with Crippen molar-refractivity contribution in [2.24, 2.45) is 28.8 Å². The van der Waals surface area contributed by atoms with Gasteiger partial charge in [-0.15, -0.1) is 0 Å². The zero-order chi connectivity index (χ0) is 19.7. The number of carbonyl (C=O) groups excluding carboxylic acids is 3. The maximum atomic E-state index is 12.7. The Morgan fingerprint density at radius 1 is 1.11 bits per heavy atom. The molecule has 1 aromatic carbocycles. The van der Waals surface area contributed by atoms with Crippen molar-refractivity contribution >= 4 is 24.0 Å². The number of benzene rings is 1. The van der Waals surface area contributed by atoms with Crippen LogP contribution in [-0.2, 0) is 19.1 Å².